The zero-order valence-electron chi connectivity index (χ0n) is 25.6. The number of carbonyl (C=O) groups excluding carboxylic acids is 3. The number of amides is 3. The molecule has 2 aliphatic rings. The Balaban J connectivity index is 1.48. The zero-order chi connectivity index (χ0) is 30.9. The van der Waals surface area contributed by atoms with E-state index >= 15 is 0 Å². The molecule has 0 bridgehead atoms. The van der Waals surface area contributed by atoms with Crippen LogP contribution in [0.1, 0.15) is 69.4 Å². The predicted molar refractivity (Wildman–Crippen MR) is 165 cm³/mol. The van der Waals surface area contributed by atoms with Gasteiger partial charge in [-0.2, -0.15) is 0 Å². The van der Waals surface area contributed by atoms with Gasteiger partial charge in [-0.05, 0) is 112 Å². The second-order valence-corrected chi connectivity index (χ2v) is 12.8. The van der Waals surface area contributed by atoms with E-state index in [0.717, 1.165) is 38.5 Å². The Morgan fingerprint density at radius 1 is 0.744 bits per heavy atom. The average Bonchev–Trinajstić information content (AvgIpc) is 3.28. The molecule has 0 unspecified atom stereocenters. The van der Waals surface area contributed by atoms with Gasteiger partial charge in [0.2, 0.25) is 0 Å². The van der Waals surface area contributed by atoms with E-state index in [4.69, 9.17) is 14.2 Å². The highest BCUT2D eigenvalue weighted by Crippen LogP contribution is 2.38. The molecule has 0 saturated carbocycles. The second-order valence-electron chi connectivity index (χ2n) is 12.8. The average molecular weight is 583 g/mol. The smallest absolute Gasteiger partial charge is 0.417 e. The van der Waals surface area contributed by atoms with Gasteiger partial charge in [0.1, 0.15) is 22.7 Å². The number of carbonyl (C=O) groups is 3. The van der Waals surface area contributed by atoms with Gasteiger partial charge in [-0.3, -0.25) is 4.79 Å². The van der Waals surface area contributed by atoms with E-state index in [2.05, 4.69) is 6.07 Å². The van der Waals surface area contributed by atoms with E-state index in [-0.39, 0.29) is 18.5 Å². The monoisotopic (exact) mass is 582 g/mol. The van der Waals surface area contributed by atoms with Crippen LogP contribution in [0.4, 0.5) is 9.59 Å². The SMILES string of the molecule is CC(C)(C)OC(=O)N1CC=C(c2cc3c(c(-c4ccc(Oc5ccccc5)cc4)c2)CN(C(=O)OC(C)(C)C)C3=O)CC1. The number of nitrogens with zero attached hydrogens (tertiary/aromatic N) is 2. The molecule has 3 aromatic carbocycles. The number of rotatable bonds is 4. The maximum absolute atomic E-state index is 13.6. The first-order valence-electron chi connectivity index (χ1n) is 14.5. The quantitative estimate of drug-likeness (QED) is 0.309. The lowest BCUT2D eigenvalue weighted by molar-refractivity contribution is 0.0242. The first-order valence-corrected chi connectivity index (χ1v) is 14.5. The lowest BCUT2D eigenvalue weighted by atomic mass is 9.90. The van der Waals surface area contributed by atoms with E-state index < -0.39 is 17.3 Å². The lowest BCUT2D eigenvalue weighted by Gasteiger charge is -2.29. The summed E-state index contributed by atoms with van der Waals surface area (Å²) in [5, 5.41) is 0. The summed E-state index contributed by atoms with van der Waals surface area (Å²) in [6, 6.07) is 21.2. The third kappa shape index (κ3) is 7.08. The number of fused-ring (bicyclic) bond motifs is 1. The summed E-state index contributed by atoms with van der Waals surface area (Å²) in [4.78, 5) is 42.0. The van der Waals surface area contributed by atoms with E-state index in [9.17, 15) is 14.4 Å². The zero-order valence-corrected chi connectivity index (χ0v) is 25.6. The standard InChI is InChI=1S/C35H38N2O6/c1-34(2,3)42-32(39)36-18-16-23(17-19-36)25-20-28(24-12-14-27(15-13-24)41-26-10-8-7-9-11-26)30-22-37(31(38)29(30)21-25)33(40)43-35(4,5)6/h7-16,20-21H,17-19,22H2,1-6H3. The first-order chi connectivity index (χ1) is 20.3. The van der Waals surface area contributed by atoms with Gasteiger partial charge >= 0.3 is 12.2 Å². The number of benzene rings is 3. The van der Waals surface area contributed by atoms with E-state index in [1.54, 1.807) is 25.7 Å². The number of para-hydroxylation sites is 1. The highest BCUT2D eigenvalue weighted by molar-refractivity contribution is 6.08. The molecule has 0 aromatic heterocycles. The molecule has 3 aromatic rings. The van der Waals surface area contributed by atoms with Gasteiger partial charge < -0.3 is 19.1 Å². The second kappa shape index (κ2) is 11.6. The van der Waals surface area contributed by atoms with Gasteiger partial charge in [-0.1, -0.05) is 36.4 Å². The van der Waals surface area contributed by atoms with Crippen LogP contribution >= 0.6 is 0 Å². The molecule has 0 spiro atoms. The van der Waals surface area contributed by atoms with Crippen molar-refractivity contribution in [2.24, 2.45) is 0 Å². The summed E-state index contributed by atoms with van der Waals surface area (Å²) >= 11 is 0. The topological polar surface area (TPSA) is 85.4 Å². The van der Waals surface area contributed by atoms with Crippen LogP contribution in [0.5, 0.6) is 11.5 Å². The Bertz CT molecular complexity index is 1560. The molecule has 0 aliphatic carbocycles. The number of hydrogen-bond donors (Lipinski definition) is 0. The molecule has 0 saturated heterocycles. The van der Waals surface area contributed by atoms with Crippen molar-refractivity contribution in [3.05, 3.63) is 89.5 Å². The predicted octanol–water partition coefficient (Wildman–Crippen LogP) is 8.06. The van der Waals surface area contributed by atoms with Crippen molar-refractivity contribution in [2.75, 3.05) is 13.1 Å². The molecule has 8 heteroatoms. The van der Waals surface area contributed by atoms with Crippen LogP contribution in [-0.2, 0) is 16.0 Å². The third-order valence-electron chi connectivity index (χ3n) is 7.03. The Morgan fingerprint density at radius 2 is 1.35 bits per heavy atom. The summed E-state index contributed by atoms with van der Waals surface area (Å²) in [6.07, 6.45) is 1.59. The normalized spacial score (nSPS) is 15.1. The third-order valence-corrected chi connectivity index (χ3v) is 7.03. The van der Waals surface area contributed by atoms with Crippen molar-refractivity contribution in [3.63, 3.8) is 0 Å². The van der Waals surface area contributed by atoms with Crippen LogP contribution in [-0.4, -0.2) is 52.2 Å². The summed E-state index contributed by atoms with van der Waals surface area (Å²) in [5.74, 6) is 1.04. The van der Waals surface area contributed by atoms with Crippen molar-refractivity contribution in [1.29, 1.82) is 0 Å². The largest absolute Gasteiger partial charge is 0.457 e. The van der Waals surface area contributed by atoms with E-state index in [0.29, 0.717) is 30.8 Å². The van der Waals surface area contributed by atoms with Crippen molar-refractivity contribution < 1.29 is 28.6 Å². The Kier molecular flexibility index (Phi) is 8.06. The van der Waals surface area contributed by atoms with Crippen molar-refractivity contribution >= 4 is 23.7 Å². The van der Waals surface area contributed by atoms with Crippen molar-refractivity contribution in [3.8, 4) is 22.6 Å². The minimum atomic E-state index is -0.734. The van der Waals surface area contributed by atoms with Crippen molar-refractivity contribution in [2.45, 2.75) is 65.7 Å². The van der Waals surface area contributed by atoms with Gasteiger partial charge in [0.15, 0.2) is 0 Å². The molecular weight excluding hydrogens is 544 g/mol. The number of ether oxygens (including phenoxy) is 3. The van der Waals surface area contributed by atoms with Crippen LogP contribution in [0, 0.1) is 0 Å². The first kappa shape index (κ1) is 29.9. The Hall–Kier alpha value is -4.59. The van der Waals surface area contributed by atoms with Gasteiger partial charge in [0.25, 0.3) is 5.91 Å². The van der Waals surface area contributed by atoms with Gasteiger partial charge in [0.05, 0.1) is 6.54 Å². The van der Waals surface area contributed by atoms with Crippen LogP contribution in [0.25, 0.3) is 16.7 Å². The maximum atomic E-state index is 13.6. The van der Waals surface area contributed by atoms with Crippen LogP contribution in [0.2, 0.25) is 0 Å². The van der Waals surface area contributed by atoms with Gasteiger partial charge in [-0.15, -0.1) is 0 Å². The molecule has 2 heterocycles. The summed E-state index contributed by atoms with van der Waals surface area (Å²) in [7, 11) is 0. The fourth-order valence-electron chi connectivity index (χ4n) is 5.07. The van der Waals surface area contributed by atoms with Crippen LogP contribution in [0.15, 0.2) is 72.8 Å². The van der Waals surface area contributed by atoms with E-state index in [1.165, 1.54) is 0 Å². The molecule has 5 rings (SSSR count). The van der Waals surface area contributed by atoms with Crippen LogP contribution in [0.3, 0.4) is 0 Å². The minimum Gasteiger partial charge on any atom is -0.457 e. The molecular formula is C35H38N2O6. The molecule has 224 valence electrons. The lowest BCUT2D eigenvalue weighted by Crippen LogP contribution is -2.39. The highest BCUT2D eigenvalue weighted by atomic mass is 16.6. The molecule has 43 heavy (non-hydrogen) atoms. The fourth-order valence-corrected chi connectivity index (χ4v) is 5.07. The fraction of sp³-hybridized carbons (Fsp3) is 0.343. The summed E-state index contributed by atoms with van der Waals surface area (Å²) in [5.41, 5.74) is 3.58. The molecule has 0 atom stereocenters. The van der Waals surface area contributed by atoms with Gasteiger partial charge in [-0.25, -0.2) is 14.5 Å². The highest BCUT2D eigenvalue weighted by Gasteiger charge is 2.37. The Morgan fingerprint density at radius 3 is 1.95 bits per heavy atom. The molecule has 0 fully saturated rings. The van der Waals surface area contributed by atoms with E-state index in [1.807, 2.05) is 87.5 Å². The number of hydrogen-bond acceptors (Lipinski definition) is 6. The number of imide groups is 1. The van der Waals surface area contributed by atoms with Gasteiger partial charge in [0, 0.05) is 18.7 Å². The maximum Gasteiger partial charge on any atom is 0.417 e. The molecule has 8 nitrogen and oxygen atoms in total. The minimum absolute atomic E-state index is 0.117. The summed E-state index contributed by atoms with van der Waals surface area (Å²) in [6.45, 7) is 11.9. The Labute approximate surface area is 252 Å². The van der Waals surface area contributed by atoms with Crippen LogP contribution < -0.4 is 4.74 Å². The van der Waals surface area contributed by atoms with Crippen molar-refractivity contribution in [1.82, 2.24) is 9.80 Å². The summed E-state index contributed by atoms with van der Waals surface area (Å²) < 4.78 is 17.1. The molecule has 0 radical (unpaired) electrons. The molecule has 0 N–H and O–H groups in total. The molecule has 3 amide bonds. The molecule has 2 aliphatic heterocycles.